The molecule has 3 heteroatoms. The third kappa shape index (κ3) is 4.38. The summed E-state index contributed by atoms with van der Waals surface area (Å²) in [5.74, 6) is 2.95. The Labute approximate surface area is 64.2 Å². The van der Waals surface area contributed by atoms with Gasteiger partial charge in [0.05, 0.1) is 11.0 Å². The summed E-state index contributed by atoms with van der Waals surface area (Å²) < 4.78 is 0. The fourth-order valence-corrected chi connectivity index (χ4v) is 0.905. The molecule has 0 rings (SSSR count). The molecule has 0 aromatic carbocycles. The summed E-state index contributed by atoms with van der Waals surface area (Å²) in [6.07, 6.45) is 4.95. The molecular formula is C6H7ClOS. The Kier molecular flexibility index (Phi) is 4.65. The highest BCUT2D eigenvalue weighted by molar-refractivity contribution is 8.00. The first kappa shape index (κ1) is 8.87. The number of terminal acetylenes is 1. The highest BCUT2D eigenvalue weighted by Crippen LogP contribution is 2.11. The van der Waals surface area contributed by atoms with E-state index < -0.39 is 0 Å². The molecule has 0 spiro atoms. The normalized spacial score (nSPS) is 12.1. The van der Waals surface area contributed by atoms with Gasteiger partial charge in [-0.2, -0.15) is 0 Å². The molecule has 0 aliphatic carbocycles. The first-order valence-corrected chi connectivity index (χ1v) is 3.85. The first-order chi connectivity index (χ1) is 4.18. The SMILES string of the molecule is C#CCSC(C)C(=O)Cl. The Morgan fingerprint density at radius 2 is 2.56 bits per heavy atom. The van der Waals surface area contributed by atoms with Crippen molar-refractivity contribution in [1.29, 1.82) is 0 Å². The molecule has 0 fully saturated rings. The summed E-state index contributed by atoms with van der Waals surface area (Å²) in [5.41, 5.74) is 0. The summed E-state index contributed by atoms with van der Waals surface area (Å²) in [5, 5.41) is -0.516. The van der Waals surface area contributed by atoms with Crippen LogP contribution in [0.1, 0.15) is 6.92 Å². The van der Waals surface area contributed by atoms with Gasteiger partial charge in [-0.1, -0.05) is 5.92 Å². The van der Waals surface area contributed by atoms with Crippen LogP contribution in [0.5, 0.6) is 0 Å². The molecule has 50 valence electrons. The molecule has 0 saturated heterocycles. The molecule has 1 unspecified atom stereocenters. The largest absolute Gasteiger partial charge is 0.280 e. The van der Waals surface area contributed by atoms with Crippen molar-refractivity contribution in [3.05, 3.63) is 0 Å². The van der Waals surface area contributed by atoms with Crippen LogP contribution in [0.15, 0.2) is 0 Å². The van der Waals surface area contributed by atoms with Gasteiger partial charge in [0.25, 0.3) is 0 Å². The van der Waals surface area contributed by atoms with Crippen molar-refractivity contribution in [2.24, 2.45) is 0 Å². The van der Waals surface area contributed by atoms with Crippen LogP contribution in [0.3, 0.4) is 0 Å². The van der Waals surface area contributed by atoms with Gasteiger partial charge in [-0.05, 0) is 18.5 Å². The van der Waals surface area contributed by atoms with Gasteiger partial charge in [0.2, 0.25) is 5.24 Å². The van der Waals surface area contributed by atoms with Crippen LogP contribution in [0, 0.1) is 12.3 Å². The smallest absolute Gasteiger partial charge is 0.234 e. The van der Waals surface area contributed by atoms with Crippen molar-refractivity contribution in [2.75, 3.05) is 5.75 Å². The zero-order valence-electron chi connectivity index (χ0n) is 5.06. The molecule has 9 heavy (non-hydrogen) atoms. The van der Waals surface area contributed by atoms with Gasteiger partial charge >= 0.3 is 0 Å². The van der Waals surface area contributed by atoms with E-state index >= 15 is 0 Å². The third-order valence-corrected chi connectivity index (χ3v) is 2.24. The van der Waals surface area contributed by atoms with Crippen LogP contribution >= 0.6 is 23.4 Å². The monoisotopic (exact) mass is 162 g/mol. The van der Waals surface area contributed by atoms with E-state index in [1.165, 1.54) is 11.8 Å². The van der Waals surface area contributed by atoms with Crippen molar-refractivity contribution in [3.63, 3.8) is 0 Å². The van der Waals surface area contributed by atoms with Crippen LogP contribution in [0.4, 0.5) is 0 Å². The number of carbonyl (C=O) groups excluding carboxylic acids is 1. The lowest BCUT2D eigenvalue weighted by atomic mass is 10.5. The lowest BCUT2D eigenvalue weighted by Crippen LogP contribution is -2.05. The van der Waals surface area contributed by atoms with Crippen molar-refractivity contribution in [2.45, 2.75) is 12.2 Å². The Bertz CT molecular complexity index is 138. The second kappa shape index (κ2) is 4.72. The van der Waals surface area contributed by atoms with Gasteiger partial charge in [-0.25, -0.2) is 0 Å². The minimum atomic E-state index is -0.338. The van der Waals surface area contributed by atoms with E-state index in [-0.39, 0.29) is 10.5 Å². The fourth-order valence-electron chi connectivity index (χ4n) is 0.239. The number of thioether (sulfide) groups is 1. The predicted octanol–water partition coefficient (Wildman–Crippen LogP) is 1.51. The molecule has 0 aliphatic rings. The summed E-state index contributed by atoms with van der Waals surface area (Å²) in [6.45, 7) is 1.73. The van der Waals surface area contributed by atoms with Gasteiger partial charge in [0.1, 0.15) is 0 Å². The van der Waals surface area contributed by atoms with Crippen molar-refractivity contribution < 1.29 is 4.79 Å². The molecule has 1 atom stereocenters. The first-order valence-electron chi connectivity index (χ1n) is 2.43. The van der Waals surface area contributed by atoms with E-state index in [2.05, 4.69) is 5.92 Å². The summed E-state index contributed by atoms with van der Waals surface area (Å²) in [4.78, 5) is 10.3. The molecule has 0 aromatic rings. The van der Waals surface area contributed by atoms with Crippen LogP contribution in [0.2, 0.25) is 0 Å². The second-order valence-corrected chi connectivity index (χ2v) is 3.16. The second-order valence-electron chi connectivity index (χ2n) is 1.46. The Balaban J connectivity index is 3.41. The molecule has 0 aliphatic heterocycles. The van der Waals surface area contributed by atoms with Gasteiger partial charge < -0.3 is 0 Å². The van der Waals surface area contributed by atoms with Crippen LogP contribution in [0.25, 0.3) is 0 Å². The molecule has 0 radical (unpaired) electrons. The molecule has 0 bridgehead atoms. The molecule has 0 aromatic heterocycles. The van der Waals surface area contributed by atoms with Crippen molar-refractivity contribution >= 4 is 28.6 Å². The molecule has 0 N–H and O–H groups in total. The standard InChI is InChI=1S/C6H7ClOS/c1-3-4-9-5(2)6(7)8/h1,5H,4H2,2H3. The number of hydrogen-bond donors (Lipinski definition) is 0. The highest BCUT2D eigenvalue weighted by atomic mass is 35.5. The maximum absolute atomic E-state index is 10.3. The van der Waals surface area contributed by atoms with Crippen LogP contribution < -0.4 is 0 Å². The molecule has 0 amide bonds. The van der Waals surface area contributed by atoms with E-state index in [9.17, 15) is 4.79 Å². The van der Waals surface area contributed by atoms with Crippen LogP contribution in [-0.4, -0.2) is 16.2 Å². The Morgan fingerprint density at radius 3 is 2.89 bits per heavy atom. The zero-order valence-corrected chi connectivity index (χ0v) is 6.63. The van der Waals surface area contributed by atoms with Gasteiger partial charge in [0.15, 0.2) is 0 Å². The zero-order chi connectivity index (χ0) is 7.28. The lowest BCUT2D eigenvalue weighted by Gasteiger charge is -1.99. The van der Waals surface area contributed by atoms with Gasteiger partial charge in [0, 0.05) is 0 Å². The average molecular weight is 163 g/mol. The van der Waals surface area contributed by atoms with E-state index in [1.807, 2.05) is 0 Å². The topological polar surface area (TPSA) is 17.1 Å². The number of carbonyl (C=O) groups is 1. The highest BCUT2D eigenvalue weighted by Gasteiger charge is 2.07. The lowest BCUT2D eigenvalue weighted by molar-refractivity contribution is -0.111. The van der Waals surface area contributed by atoms with E-state index in [0.717, 1.165) is 0 Å². The quantitative estimate of drug-likeness (QED) is 0.462. The molecule has 0 heterocycles. The molecule has 1 nitrogen and oxygen atoms in total. The van der Waals surface area contributed by atoms with E-state index in [4.69, 9.17) is 18.0 Å². The van der Waals surface area contributed by atoms with Gasteiger partial charge in [-0.3, -0.25) is 4.79 Å². The summed E-state index contributed by atoms with van der Waals surface area (Å²) >= 11 is 6.50. The maximum atomic E-state index is 10.3. The number of halogens is 1. The van der Waals surface area contributed by atoms with E-state index in [1.54, 1.807) is 6.92 Å². The van der Waals surface area contributed by atoms with Gasteiger partial charge in [-0.15, -0.1) is 18.2 Å². The minimum absolute atomic E-state index is 0.178. The Morgan fingerprint density at radius 1 is 2.00 bits per heavy atom. The predicted molar refractivity (Wildman–Crippen MR) is 41.6 cm³/mol. The average Bonchev–Trinajstić information content (AvgIpc) is 1.82. The van der Waals surface area contributed by atoms with E-state index in [0.29, 0.717) is 5.75 Å². The molecular weight excluding hydrogens is 156 g/mol. The van der Waals surface area contributed by atoms with Crippen LogP contribution in [-0.2, 0) is 4.79 Å². The summed E-state index contributed by atoms with van der Waals surface area (Å²) in [7, 11) is 0. The maximum Gasteiger partial charge on any atom is 0.234 e. The minimum Gasteiger partial charge on any atom is -0.280 e. The number of hydrogen-bond acceptors (Lipinski definition) is 2. The van der Waals surface area contributed by atoms with Crippen molar-refractivity contribution in [1.82, 2.24) is 0 Å². The summed E-state index contributed by atoms with van der Waals surface area (Å²) in [6, 6.07) is 0. The fraction of sp³-hybridized carbons (Fsp3) is 0.500. The molecule has 0 saturated carbocycles. The number of rotatable bonds is 3. The third-order valence-electron chi connectivity index (χ3n) is 0.736. The Hall–Kier alpha value is -0.130. The van der Waals surface area contributed by atoms with Crippen molar-refractivity contribution in [3.8, 4) is 12.3 Å².